The number of unbranched alkanes of at least 4 members (excludes halogenated alkanes) is 6. The lowest BCUT2D eigenvalue weighted by Crippen LogP contribution is -2.29. The molecular weight excluding hydrogens is 206 g/mol. The maximum absolute atomic E-state index is 5.40. The van der Waals surface area contributed by atoms with Crippen molar-refractivity contribution in [2.75, 3.05) is 6.54 Å². The van der Waals surface area contributed by atoms with E-state index in [1.165, 1.54) is 57.8 Å². The third-order valence-corrected chi connectivity index (χ3v) is 3.20. The lowest BCUT2D eigenvalue weighted by Gasteiger charge is -2.15. The van der Waals surface area contributed by atoms with Gasteiger partial charge in [0, 0.05) is 12.5 Å². The van der Waals surface area contributed by atoms with Gasteiger partial charge in [-0.15, -0.1) is 12.3 Å². The molecule has 1 N–H and O–H groups in total. The summed E-state index contributed by atoms with van der Waals surface area (Å²) < 4.78 is 0. The largest absolute Gasteiger partial charge is 0.313 e. The van der Waals surface area contributed by atoms with Gasteiger partial charge in [0.2, 0.25) is 0 Å². The van der Waals surface area contributed by atoms with Gasteiger partial charge in [-0.25, -0.2) is 0 Å². The number of hydrogen-bond acceptors (Lipinski definition) is 1. The van der Waals surface area contributed by atoms with Gasteiger partial charge in [-0.2, -0.15) is 0 Å². The molecule has 0 fully saturated rings. The minimum absolute atomic E-state index is 0.551. The lowest BCUT2D eigenvalue weighted by molar-refractivity contribution is 0.458. The van der Waals surface area contributed by atoms with Gasteiger partial charge in [0.15, 0.2) is 0 Å². The first-order chi connectivity index (χ1) is 8.35. The summed E-state index contributed by atoms with van der Waals surface area (Å²) in [6, 6.07) is 0.551. The standard InChI is InChI=1S/C16H31N/c1-4-7-8-9-10-11-12-14-16(13-5-2)17-15-6-3/h2,16-17H,4,6-15H2,1,3H3. The maximum Gasteiger partial charge on any atom is 0.0240 e. The normalized spacial score (nSPS) is 12.3. The Hall–Kier alpha value is -0.480. The van der Waals surface area contributed by atoms with Crippen LogP contribution in [0, 0.1) is 12.3 Å². The molecule has 0 heterocycles. The summed E-state index contributed by atoms with van der Waals surface area (Å²) in [4.78, 5) is 0. The summed E-state index contributed by atoms with van der Waals surface area (Å²) in [5, 5.41) is 3.54. The smallest absolute Gasteiger partial charge is 0.0240 e. The van der Waals surface area contributed by atoms with Crippen LogP contribution < -0.4 is 5.32 Å². The summed E-state index contributed by atoms with van der Waals surface area (Å²) in [7, 11) is 0. The molecule has 17 heavy (non-hydrogen) atoms. The van der Waals surface area contributed by atoms with Gasteiger partial charge in [0.05, 0.1) is 0 Å². The Morgan fingerprint density at radius 3 is 2.18 bits per heavy atom. The van der Waals surface area contributed by atoms with Crippen LogP contribution in [0.1, 0.15) is 78.1 Å². The molecule has 0 aromatic carbocycles. The summed E-state index contributed by atoms with van der Waals surface area (Å²) in [6.45, 7) is 5.57. The molecule has 100 valence electrons. The van der Waals surface area contributed by atoms with Gasteiger partial charge >= 0.3 is 0 Å². The van der Waals surface area contributed by atoms with E-state index in [0.717, 1.165) is 13.0 Å². The highest BCUT2D eigenvalue weighted by molar-refractivity contribution is 4.89. The Morgan fingerprint density at radius 1 is 0.941 bits per heavy atom. The number of hydrogen-bond donors (Lipinski definition) is 1. The molecule has 0 aliphatic carbocycles. The predicted octanol–water partition coefficient (Wildman–Crippen LogP) is 4.52. The second-order valence-corrected chi connectivity index (χ2v) is 4.97. The molecule has 0 aliphatic rings. The number of rotatable bonds is 12. The molecular formula is C16H31N. The molecule has 0 amide bonds. The highest BCUT2D eigenvalue weighted by Gasteiger charge is 2.05. The van der Waals surface area contributed by atoms with Gasteiger partial charge in [-0.1, -0.05) is 58.8 Å². The molecule has 0 aromatic rings. The van der Waals surface area contributed by atoms with Gasteiger partial charge in [0.1, 0.15) is 0 Å². The second-order valence-electron chi connectivity index (χ2n) is 4.97. The van der Waals surface area contributed by atoms with Crippen LogP contribution in [-0.4, -0.2) is 12.6 Å². The van der Waals surface area contributed by atoms with Crippen molar-refractivity contribution in [2.45, 2.75) is 84.1 Å². The summed E-state index contributed by atoms with van der Waals surface area (Å²) in [5.74, 6) is 2.78. The van der Waals surface area contributed by atoms with Crippen LogP contribution in [-0.2, 0) is 0 Å². The first-order valence-corrected chi connectivity index (χ1v) is 7.52. The highest BCUT2D eigenvalue weighted by Crippen LogP contribution is 2.10. The molecule has 0 saturated heterocycles. The summed E-state index contributed by atoms with van der Waals surface area (Å²) in [5.41, 5.74) is 0. The van der Waals surface area contributed by atoms with Crippen molar-refractivity contribution in [1.29, 1.82) is 0 Å². The molecule has 0 aromatic heterocycles. The quantitative estimate of drug-likeness (QED) is 0.389. The number of nitrogens with one attached hydrogen (secondary N) is 1. The van der Waals surface area contributed by atoms with Gasteiger partial charge < -0.3 is 5.32 Å². The van der Waals surface area contributed by atoms with Crippen molar-refractivity contribution >= 4 is 0 Å². The predicted molar refractivity (Wildman–Crippen MR) is 78.1 cm³/mol. The third kappa shape index (κ3) is 11.8. The molecule has 0 bridgehead atoms. The fourth-order valence-corrected chi connectivity index (χ4v) is 2.11. The van der Waals surface area contributed by atoms with E-state index >= 15 is 0 Å². The van der Waals surface area contributed by atoms with Crippen LogP contribution in [0.15, 0.2) is 0 Å². The van der Waals surface area contributed by atoms with E-state index in [-0.39, 0.29) is 0 Å². The molecule has 1 nitrogen and oxygen atoms in total. The Morgan fingerprint density at radius 2 is 1.59 bits per heavy atom. The van der Waals surface area contributed by atoms with E-state index in [4.69, 9.17) is 6.42 Å². The average molecular weight is 237 g/mol. The Kier molecular flexibility index (Phi) is 13.2. The molecule has 0 spiro atoms. The van der Waals surface area contributed by atoms with E-state index < -0.39 is 0 Å². The monoisotopic (exact) mass is 237 g/mol. The first kappa shape index (κ1) is 16.5. The average Bonchev–Trinajstić information content (AvgIpc) is 2.34. The van der Waals surface area contributed by atoms with Crippen LogP contribution in [0.4, 0.5) is 0 Å². The van der Waals surface area contributed by atoms with E-state index in [2.05, 4.69) is 25.1 Å². The van der Waals surface area contributed by atoms with Gasteiger partial charge in [0.25, 0.3) is 0 Å². The topological polar surface area (TPSA) is 12.0 Å². The van der Waals surface area contributed by atoms with Crippen molar-refractivity contribution in [3.63, 3.8) is 0 Å². The summed E-state index contributed by atoms with van der Waals surface area (Å²) >= 11 is 0. The fourth-order valence-electron chi connectivity index (χ4n) is 2.11. The van der Waals surface area contributed by atoms with Gasteiger partial charge in [-0.05, 0) is 19.4 Å². The minimum atomic E-state index is 0.551. The van der Waals surface area contributed by atoms with E-state index in [1.807, 2.05) is 0 Å². The highest BCUT2D eigenvalue weighted by atomic mass is 14.9. The molecule has 1 unspecified atom stereocenters. The lowest BCUT2D eigenvalue weighted by atomic mass is 10.0. The first-order valence-electron chi connectivity index (χ1n) is 7.52. The van der Waals surface area contributed by atoms with E-state index in [9.17, 15) is 0 Å². The Bertz CT molecular complexity index is 180. The van der Waals surface area contributed by atoms with Crippen molar-refractivity contribution < 1.29 is 0 Å². The van der Waals surface area contributed by atoms with E-state index in [0.29, 0.717) is 6.04 Å². The molecule has 1 heteroatoms. The van der Waals surface area contributed by atoms with Crippen LogP contribution >= 0.6 is 0 Å². The maximum atomic E-state index is 5.40. The van der Waals surface area contributed by atoms with Crippen molar-refractivity contribution in [3.05, 3.63) is 0 Å². The molecule has 0 aliphatic heterocycles. The van der Waals surface area contributed by atoms with Crippen LogP contribution in [0.2, 0.25) is 0 Å². The molecule has 0 radical (unpaired) electrons. The second kappa shape index (κ2) is 13.6. The van der Waals surface area contributed by atoms with Crippen LogP contribution in [0.3, 0.4) is 0 Å². The SMILES string of the molecule is C#CCC(CCCCCCCCC)NCCC. The number of terminal acetylenes is 1. The molecule has 0 saturated carbocycles. The zero-order valence-electron chi connectivity index (χ0n) is 11.9. The minimum Gasteiger partial charge on any atom is -0.313 e. The zero-order chi connectivity index (χ0) is 12.8. The van der Waals surface area contributed by atoms with Crippen molar-refractivity contribution in [2.24, 2.45) is 0 Å². The van der Waals surface area contributed by atoms with E-state index in [1.54, 1.807) is 0 Å². The molecule has 0 rings (SSSR count). The van der Waals surface area contributed by atoms with Crippen LogP contribution in [0.5, 0.6) is 0 Å². The fraction of sp³-hybridized carbons (Fsp3) is 0.875. The van der Waals surface area contributed by atoms with Crippen molar-refractivity contribution in [3.8, 4) is 12.3 Å². The van der Waals surface area contributed by atoms with Crippen LogP contribution in [0.25, 0.3) is 0 Å². The molecule has 1 atom stereocenters. The van der Waals surface area contributed by atoms with Crippen molar-refractivity contribution in [1.82, 2.24) is 5.32 Å². The summed E-state index contributed by atoms with van der Waals surface area (Å²) in [6.07, 6.45) is 18.4. The Labute approximate surface area is 109 Å². The third-order valence-electron chi connectivity index (χ3n) is 3.20. The Balaban J connectivity index is 3.38. The van der Waals surface area contributed by atoms with Gasteiger partial charge in [-0.3, -0.25) is 0 Å². The zero-order valence-corrected chi connectivity index (χ0v) is 11.9.